The van der Waals surface area contributed by atoms with E-state index in [1.54, 1.807) is 12.1 Å². The minimum absolute atomic E-state index is 0.137. The average Bonchev–Trinajstić information content (AvgIpc) is 2.47. The van der Waals surface area contributed by atoms with E-state index in [1.807, 2.05) is 36.4 Å². The van der Waals surface area contributed by atoms with E-state index in [4.69, 9.17) is 4.74 Å². The molecule has 2 heteroatoms. The van der Waals surface area contributed by atoms with Crippen molar-refractivity contribution in [3.05, 3.63) is 72.3 Å². The van der Waals surface area contributed by atoms with E-state index >= 15 is 0 Å². The van der Waals surface area contributed by atoms with Crippen molar-refractivity contribution in [2.45, 2.75) is 31.3 Å². The Bertz CT molecular complexity index is 674. The van der Waals surface area contributed by atoms with E-state index in [2.05, 4.69) is 26.5 Å². The third-order valence-corrected chi connectivity index (χ3v) is 4.47. The van der Waals surface area contributed by atoms with Gasteiger partial charge in [-0.05, 0) is 30.7 Å². The van der Waals surface area contributed by atoms with Gasteiger partial charge in [0.05, 0.1) is 0 Å². The lowest BCUT2D eigenvalue weighted by Gasteiger charge is -2.44. The highest BCUT2D eigenvalue weighted by Gasteiger charge is 2.43. The predicted molar refractivity (Wildman–Crippen MR) is 84.7 cm³/mol. The van der Waals surface area contributed by atoms with Gasteiger partial charge in [-0.15, -0.1) is 6.58 Å². The highest BCUT2D eigenvalue weighted by atomic mass is 16.5. The van der Waals surface area contributed by atoms with Crippen LogP contribution in [0.15, 0.2) is 61.2 Å². The SMILES string of the molecule is C=CC1(C)CC(C)(c2ccc(O)cc2)Oc2ccccc21. The maximum Gasteiger partial charge on any atom is 0.132 e. The van der Waals surface area contributed by atoms with Gasteiger partial charge in [0.25, 0.3) is 0 Å². The minimum Gasteiger partial charge on any atom is -0.508 e. The molecule has 3 rings (SSSR count). The molecule has 2 atom stereocenters. The summed E-state index contributed by atoms with van der Waals surface area (Å²) in [6.07, 6.45) is 2.82. The van der Waals surface area contributed by atoms with Crippen LogP contribution in [0.5, 0.6) is 11.5 Å². The molecule has 0 saturated carbocycles. The Balaban J connectivity index is 2.11. The van der Waals surface area contributed by atoms with Gasteiger partial charge < -0.3 is 9.84 Å². The van der Waals surface area contributed by atoms with Gasteiger partial charge in [0, 0.05) is 17.4 Å². The molecule has 2 aromatic carbocycles. The summed E-state index contributed by atoms with van der Waals surface area (Å²) < 4.78 is 6.31. The van der Waals surface area contributed by atoms with Gasteiger partial charge in [-0.2, -0.15) is 0 Å². The van der Waals surface area contributed by atoms with Crippen LogP contribution in [-0.2, 0) is 11.0 Å². The summed E-state index contributed by atoms with van der Waals surface area (Å²) in [4.78, 5) is 0. The van der Waals surface area contributed by atoms with Crippen LogP contribution in [0.3, 0.4) is 0 Å². The van der Waals surface area contributed by atoms with Crippen LogP contribution in [0.4, 0.5) is 0 Å². The molecule has 2 nitrogen and oxygen atoms in total. The van der Waals surface area contributed by atoms with E-state index in [0.717, 1.165) is 17.7 Å². The first kappa shape index (κ1) is 13.7. The van der Waals surface area contributed by atoms with Crippen LogP contribution in [0.1, 0.15) is 31.4 Å². The van der Waals surface area contributed by atoms with Crippen LogP contribution >= 0.6 is 0 Å². The number of aromatic hydroxyl groups is 1. The van der Waals surface area contributed by atoms with Gasteiger partial charge in [0.1, 0.15) is 17.1 Å². The average molecular weight is 280 g/mol. The summed E-state index contributed by atoms with van der Waals surface area (Å²) in [7, 11) is 0. The second-order valence-electron chi connectivity index (χ2n) is 6.17. The van der Waals surface area contributed by atoms with Crippen LogP contribution in [0.2, 0.25) is 0 Å². The first-order valence-electron chi connectivity index (χ1n) is 7.18. The molecule has 0 saturated heterocycles. The Morgan fingerprint density at radius 3 is 2.43 bits per heavy atom. The lowest BCUT2D eigenvalue weighted by molar-refractivity contribution is 0.0388. The van der Waals surface area contributed by atoms with Crippen molar-refractivity contribution in [3.8, 4) is 11.5 Å². The molecule has 0 radical (unpaired) electrons. The zero-order valence-corrected chi connectivity index (χ0v) is 12.5. The Labute approximate surface area is 125 Å². The summed E-state index contributed by atoms with van der Waals surface area (Å²) in [6.45, 7) is 8.32. The Morgan fingerprint density at radius 2 is 1.76 bits per heavy atom. The standard InChI is InChI=1S/C19H20O2/c1-4-18(2)13-19(3,14-9-11-15(20)12-10-14)21-17-8-6-5-7-16(17)18/h4-12,20H,1,13H2,2-3H3. The quantitative estimate of drug-likeness (QED) is 0.819. The number of phenolic OH excluding ortho intramolecular Hbond substituents is 1. The van der Waals surface area contributed by atoms with Gasteiger partial charge >= 0.3 is 0 Å². The fourth-order valence-electron chi connectivity index (χ4n) is 3.26. The molecule has 1 heterocycles. The molecule has 2 aromatic rings. The molecular formula is C19H20O2. The number of ether oxygens (including phenoxy) is 1. The number of hydrogen-bond donors (Lipinski definition) is 1. The number of para-hydroxylation sites is 1. The van der Waals surface area contributed by atoms with Crippen molar-refractivity contribution in [2.75, 3.05) is 0 Å². The molecule has 2 unspecified atom stereocenters. The number of benzene rings is 2. The topological polar surface area (TPSA) is 29.5 Å². The third-order valence-electron chi connectivity index (χ3n) is 4.47. The fraction of sp³-hybridized carbons (Fsp3) is 0.263. The van der Waals surface area contributed by atoms with Crippen LogP contribution in [0.25, 0.3) is 0 Å². The molecule has 0 aromatic heterocycles. The van der Waals surface area contributed by atoms with Crippen molar-refractivity contribution in [2.24, 2.45) is 0 Å². The molecule has 0 amide bonds. The molecule has 21 heavy (non-hydrogen) atoms. The number of phenols is 1. The van der Waals surface area contributed by atoms with Gasteiger partial charge in [0.15, 0.2) is 0 Å². The third kappa shape index (κ3) is 2.21. The highest BCUT2D eigenvalue weighted by Crippen LogP contribution is 2.49. The minimum atomic E-state index is -0.439. The molecular weight excluding hydrogens is 260 g/mol. The maximum atomic E-state index is 9.49. The zero-order valence-electron chi connectivity index (χ0n) is 12.5. The summed E-state index contributed by atoms with van der Waals surface area (Å²) >= 11 is 0. The fourth-order valence-corrected chi connectivity index (χ4v) is 3.26. The first-order valence-corrected chi connectivity index (χ1v) is 7.18. The van der Waals surface area contributed by atoms with Crippen molar-refractivity contribution in [1.82, 2.24) is 0 Å². The van der Waals surface area contributed by atoms with E-state index in [0.29, 0.717) is 0 Å². The molecule has 0 bridgehead atoms. The number of rotatable bonds is 2. The second-order valence-corrected chi connectivity index (χ2v) is 6.17. The smallest absolute Gasteiger partial charge is 0.132 e. The van der Waals surface area contributed by atoms with Crippen LogP contribution in [-0.4, -0.2) is 5.11 Å². The molecule has 108 valence electrons. The summed E-state index contributed by atoms with van der Waals surface area (Å²) in [6, 6.07) is 15.4. The van der Waals surface area contributed by atoms with Gasteiger partial charge in [-0.1, -0.05) is 43.3 Å². The number of allylic oxidation sites excluding steroid dienone is 1. The van der Waals surface area contributed by atoms with Crippen molar-refractivity contribution in [3.63, 3.8) is 0 Å². The van der Waals surface area contributed by atoms with Gasteiger partial charge in [-0.3, -0.25) is 0 Å². The lowest BCUT2D eigenvalue weighted by Crippen LogP contribution is -2.42. The first-order chi connectivity index (χ1) is 9.97. The molecule has 1 N–H and O–H groups in total. The van der Waals surface area contributed by atoms with E-state index in [-0.39, 0.29) is 11.2 Å². The highest BCUT2D eigenvalue weighted by molar-refractivity contribution is 5.46. The maximum absolute atomic E-state index is 9.49. The van der Waals surface area contributed by atoms with E-state index < -0.39 is 5.60 Å². The van der Waals surface area contributed by atoms with Crippen LogP contribution in [0, 0.1) is 0 Å². The van der Waals surface area contributed by atoms with Crippen LogP contribution < -0.4 is 4.74 Å². The van der Waals surface area contributed by atoms with E-state index in [9.17, 15) is 5.11 Å². The van der Waals surface area contributed by atoms with Crippen molar-refractivity contribution >= 4 is 0 Å². The summed E-state index contributed by atoms with van der Waals surface area (Å²) in [5.41, 5.74) is 1.66. The monoisotopic (exact) mass is 280 g/mol. The summed E-state index contributed by atoms with van der Waals surface area (Å²) in [5, 5.41) is 9.49. The number of hydrogen-bond acceptors (Lipinski definition) is 2. The molecule has 0 aliphatic carbocycles. The van der Waals surface area contributed by atoms with Crippen molar-refractivity contribution in [1.29, 1.82) is 0 Å². The number of fused-ring (bicyclic) bond motifs is 1. The van der Waals surface area contributed by atoms with Crippen molar-refractivity contribution < 1.29 is 9.84 Å². The lowest BCUT2D eigenvalue weighted by atomic mass is 9.70. The van der Waals surface area contributed by atoms with Gasteiger partial charge in [0.2, 0.25) is 0 Å². The Kier molecular flexibility index (Phi) is 3.05. The largest absolute Gasteiger partial charge is 0.508 e. The second kappa shape index (κ2) is 4.66. The molecule has 1 aliphatic rings. The Hall–Kier alpha value is -2.22. The zero-order chi connectivity index (χ0) is 15.1. The van der Waals surface area contributed by atoms with E-state index in [1.165, 1.54) is 5.56 Å². The normalized spacial score (nSPS) is 27.5. The molecule has 0 fully saturated rings. The molecule has 1 aliphatic heterocycles. The predicted octanol–water partition coefficient (Wildman–Crippen LogP) is 4.53. The Morgan fingerprint density at radius 1 is 1.10 bits per heavy atom. The summed E-state index contributed by atoms with van der Waals surface area (Å²) in [5.74, 6) is 1.17. The van der Waals surface area contributed by atoms with Gasteiger partial charge in [-0.25, -0.2) is 0 Å². The molecule has 0 spiro atoms.